The number of ether oxygens (including phenoxy) is 1. The van der Waals surface area contributed by atoms with E-state index < -0.39 is 11.0 Å². The first kappa shape index (κ1) is 22.5. The van der Waals surface area contributed by atoms with Crippen LogP contribution in [-0.2, 0) is 21.4 Å². The summed E-state index contributed by atoms with van der Waals surface area (Å²) in [6.07, 6.45) is 5.43. The molecule has 6 rings (SSSR count). The van der Waals surface area contributed by atoms with E-state index in [4.69, 9.17) is 4.74 Å². The standard InChI is InChI=1S/C27H36N4O3/c28-17-20-3-4-21-14-24-27(33)16-22(25(32)29-6-8-30-9-11-34-12-10-30)15-26(27,23(21)13-20)5-7-31(24)18-19-1-2-19/h3-4,13,19,22,24,33H,1-2,5-12,14-16,18H2,(H,29,32)/t22-,24+,26+,27+/m0/s1. The highest BCUT2D eigenvalue weighted by molar-refractivity contribution is 5.80. The Morgan fingerprint density at radius 1 is 1.24 bits per heavy atom. The van der Waals surface area contributed by atoms with Gasteiger partial charge < -0.3 is 15.2 Å². The largest absolute Gasteiger partial charge is 0.387 e. The molecular formula is C27H36N4O3. The minimum Gasteiger partial charge on any atom is -0.387 e. The second-order valence-electron chi connectivity index (χ2n) is 11.2. The molecule has 2 aliphatic heterocycles. The number of nitriles is 1. The quantitative estimate of drug-likeness (QED) is 0.662. The SMILES string of the molecule is N#Cc1ccc2c(c1)[C@]13CCN(CC4CC4)[C@H](C2)[C@]1(O)C[C@@H](C(=O)NCCN1CCOCC1)C3. The van der Waals surface area contributed by atoms with Gasteiger partial charge in [0.1, 0.15) is 0 Å². The van der Waals surface area contributed by atoms with Crippen molar-refractivity contribution < 1.29 is 14.6 Å². The molecule has 1 aromatic carbocycles. The first-order chi connectivity index (χ1) is 16.5. The minimum absolute atomic E-state index is 0.0495. The zero-order valence-electron chi connectivity index (χ0n) is 20.0. The van der Waals surface area contributed by atoms with Crippen molar-refractivity contribution >= 4 is 5.91 Å². The highest BCUT2D eigenvalue weighted by Crippen LogP contribution is 2.61. The van der Waals surface area contributed by atoms with E-state index in [2.05, 4.69) is 27.3 Å². The van der Waals surface area contributed by atoms with Crippen LogP contribution in [-0.4, -0.2) is 84.9 Å². The molecule has 2 saturated heterocycles. The molecule has 182 valence electrons. The van der Waals surface area contributed by atoms with E-state index in [1.807, 2.05) is 12.1 Å². The topological polar surface area (TPSA) is 88.8 Å². The van der Waals surface area contributed by atoms with E-state index >= 15 is 0 Å². The summed E-state index contributed by atoms with van der Waals surface area (Å²) in [4.78, 5) is 18.2. The van der Waals surface area contributed by atoms with Crippen LogP contribution in [0.5, 0.6) is 0 Å². The first-order valence-corrected chi connectivity index (χ1v) is 13.1. The lowest BCUT2D eigenvalue weighted by atomic mass is 9.56. The number of morpholine rings is 1. The van der Waals surface area contributed by atoms with Gasteiger partial charge in [-0.3, -0.25) is 14.6 Å². The van der Waals surface area contributed by atoms with Crippen LogP contribution in [0.15, 0.2) is 18.2 Å². The summed E-state index contributed by atoms with van der Waals surface area (Å²) in [6.45, 7) is 6.84. The number of likely N-dealkylation sites (tertiary alicyclic amines) is 1. The summed E-state index contributed by atoms with van der Waals surface area (Å²) in [5.41, 5.74) is 1.66. The van der Waals surface area contributed by atoms with Gasteiger partial charge in [0.15, 0.2) is 0 Å². The summed E-state index contributed by atoms with van der Waals surface area (Å²) >= 11 is 0. The summed E-state index contributed by atoms with van der Waals surface area (Å²) < 4.78 is 5.41. The molecule has 5 aliphatic rings. The molecule has 2 N–H and O–H groups in total. The number of aliphatic hydroxyl groups is 1. The fourth-order valence-corrected chi connectivity index (χ4v) is 7.40. The van der Waals surface area contributed by atoms with Crippen molar-refractivity contribution in [2.45, 2.75) is 55.6 Å². The lowest BCUT2D eigenvalue weighted by Gasteiger charge is -2.59. The number of amides is 1. The Morgan fingerprint density at radius 2 is 2.06 bits per heavy atom. The number of piperidine rings is 1. The third-order valence-electron chi connectivity index (χ3n) is 9.36. The monoisotopic (exact) mass is 464 g/mol. The van der Waals surface area contributed by atoms with E-state index in [1.54, 1.807) is 0 Å². The van der Waals surface area contributed by atoms with Crippen LogP contribution in [0.1, 0.15) is 48.8 Å². The van der Waals surface area contributed by atoms with Crippen molar-refractivity contribution in [1.82, 2.24) is 15.1 Å². The lowest BCUT2D eigenvalue weighted by molar-refractivity contribution is -0.134. The number of hydrogen-bond acceptors (Lipinski definition) is 6. The third kappa shape index (κ3) is 3.67. The molecule has 2 heterocycles. The molecule has 0 radical (unpaired) electrons. The predicted octanol–water partition coefficient (Wildman–Crippen LogP) is 1.43. The van der Waals surface area contributed by atoms with Gasteiger partial charge in [-0.25, -0.2) is 0 Å². The van der Waals surface area contributed by atoms with Crippen LogP contribution < -0.4 is 5.32 Å². The molecule has 1 amide bonds. The Bertz CT molecular complexity index is 998. The van der Waals surface area contributed by atoms with Crippen LogP contribution in [0.2, 0.25) is 0 Å². The van der Waals surface area contributed by atoms with E-state index in [1.165, 1.54) is 18.4 Å². The van der Waals surface area contributed by atoms with Gasteiger partial charge in [0, 0.05) is 50.1 Å². The predicted molar refractivity (Wildman–Crippen MR) is 127 cm³/mol. The maximum Gasteiger partial charge on any atom is 0.223 e. The molecule has 7 heteroatoms. The van der Waals surface area contributed by atoms with Crippen LogP contribution >= 0.6 is 0 Å². The number of hydrogen-bond donors (Lipinski definition) is 2. The number of carbonyl (C=O) groups excluding carboxylic acids is 1. The normalized spacial score (nSPS) is 35.3. The Morgan fingerprint density at radius 3 is 2.82 bits per heavy atom. The van der Waals surface area contributed by atoms with Gasteiger partial charge >= 0.3 is 0 Å². The maximum absolute atomic E-state index is 13.3. The van der Waals surface area contributed by atoms with Crippen LogP contribution in [0.4, 0.5) is 0 Å². The average molecular weight is 465 g/mol. The van der Waals surface area contributed by atoms with Crippen LogP contribution in [0.3, 0.4) is 0 Å². The number of fused-ring (bicyclic) bond motifs is 1. The Balaban J connectivity index is 1.25. The van der Waals surface area contributed by atoms with Gasteiger partial charge in [0.25, 0.3) is 0 Å². The first-order valence-electron chi connectivity index (χ1n) is 13.1. The molecule has 2 bridgehead atoms. The number of benzene rings is 1. The molecular weight excluding hydrogens is 428 g/mol. The van der Waals surface area contributed by atoms with Crippen molar-refractivity contribution in [3.8, 4) is 6.07 Å². The highest BCUT2D eigenvalue weighted by atomic mass is 16.5. The maximum atomic E-state index is 13.3. The molecule has 34 heavy (non-hydrogen) atoms. The lowest BCUT2D eigenvalue weighted by Crippen LogP contribution is -2.69. The zero-order chi connectivity index (χ0) is 23.3. The number of carbonyl (C=O) groups is 1. The van der Waals surface area contributed by atoms with Gasteiger partial charge in [-0.05, 0) is 74.2 Å². The summed E-state index contributed by atoms with van der Waals surface area (Å²) in [5.74, 6) is 0.636. The molecule has 0 aromatic heterocycles. The summed E-state index contributed by atoms with van der Waals surface area (Å²) in [5, 5.41) is 25.2. The summed E-state index contributed by atoms with van der Waals surface area (Å²) in [6, 6.07) is 8.35. The van der Waals surface area contributed by atoms with Crippen molar-refractivity contribution in [3.05, 3.63) is 34.9 Å². The molecule has 4 atom stereocenters. The number of nitrogens with zero attached hydrogens (tertiary/aromatic N) is 3. The zero-order valence-corrected chi connectivity index (χ0v) is 20.0. The van der Waals surface area contributed by atoms with E-state index in [-0.39, 0.29) is 17.9 Å². The molecule has 7 nitrogen and oxygen atoms in total. The van der Waals surface area contributed by atoms with Gasteiger partial charge in [0.2, 0.25) is 5.91 Å². The Kier molecular flexibility index (Phi) is 5.69. The molecule has 3 aliphatic carbocycles. The smallest absolute Gasteiger partial charge is 0.223 e. The van der Waals surface area contributed by atoms with E-state index in [0.717, 1.165) is 70.3 Å². The molecule has 2 saturated carbocycles. The highest BCUT2D eigenvalue weighted by Gasteiger charge is 2.68. The second kappa shape index (κ2) is 8.60. The summed E-state index contributed by atoms with van der Waals surface area (Å²) in [7, 11) is 0. The average Bonchev–Trinajstić information content (AvgIpc) is 3.60. The van der Waals surface area contributed by atoms with Crippen LogP contribution in [0.25, 0.3) is 0 Å². The van der Waals surface area contributed by atoms with Crippen molar-refractivity contribution in [2.75, 3.05) is 52.5 Å². The van der Waals surface area contributed by atoms with E-state index in [9.17, 15) is 15.2 Å². The van der Waals surface area contributed by atoms with Crippen molar-refractivity contribution in [2.24, 2.45) is 11.8 Å². The van der Waals surface area contributed by atoms with Crippen molar-refractivity contribution in [1.29, 1.82) is 5.26 Å². The van der Waals surface area contributed by atoms with Crippen LogP contribution in [0, 0.1) is 23.2 Å². The fraction of sp³-hybridized carbons (Fsp3) is 0.704. The van der Waals surface area contributed by atoms with Gasteiger partial charge in [-0.2, -0.15) is 5.26 Å². The second-order valence-corrected chi connectivity index (χ2v) is 11.2. The molecule has 1 aromatic rings. The van der Waals surface area contributed by atoms with Gasteiger partial charge in [-0.1, -0.05) is 6.07 Å². The fourth-order valence-electron chi connectivity index (χ4n) is 7.40. The van der Waals surface area contributed by atoms with Gasteiger partial charge in [-0.15, -0.1) is 0 Å². The Labute approximate surface area is 202 Å². The third-order valence-corrected chi connectivity index (χ3v) is 9.36. The van der Waals surface area contributed by atoms with Gasteiger partial charge in [0.05, 0.1) is 30.4 Å². The molecule has 0 unspecified atom stereocenters. The number of nitrogens with one attached hydrogen (secondary N) is 1. The molecule has 4 fully saturated rings. The van der Waals surface area contributed by atoms with Crippen molar-refractivity contribution in [3.63, 3.8) is 0 Å². The molecule has 0 spiro atoms. The minimum atomic E-state index is -0.923. The Hall–Kier alpha value is -1.98. The number of rotatable bonds is 6. The van der Waals surface area contributed by atoms with E-state index in [0.29, 0.717) is 24.9 Å².